The molecule has 0 unspecified atom stereocenters. The summed E-state index contributed by atoms with van der Waals surface area (Å²) in [5.74, 6) is -0.369. The third-order valence-electron chi connectivity index (χ3n) is 1.83. The van der Waals surface area contributed by atoms with Crippen molar-refractivity contribution in [3.63, 3.8) is 0 Å². The van der Waals surface area contributed by atoms with Crippen LogP contribution in [0, 0.1) is 5.82 Å². The lowest BCUT2D eigenvalue weighted by molar-refractivity contribution is 0.203. The summed E-state index contributed by atoms with van der Waals surface area (Å²) in [7, 11) is 0. The van der Waals surface area contributed by atoms with Crippen molar-refractivity contribution in [2.75, 3.05) is 6.54 Å². The first-order valence-corrected chi connectivity index (χ1v) is 3.71. The van der Waals surface area contributed by atoms with Gasteiger partial charge in [-0.15, -0.1) is 0 Å². The van der Waals surface area contributed by atoms with Crippen LogP contribution >= 0.6 is 0 Å². The standard InChI is InChI=1S/C9H11F2N/c1-9(11,6-12)7-2-4-8(10)5-3-7/h2-5H,6,12H2,1H3/t9-/m0/s1. The van der Waals surface area contributed by atoms with Gasteiger partial charge in [-0.2, -0.15) is 0 Å². The fourth-order valence-electron chi connectivity index (χ4n) is 0.915. The van der Waals surface area contributed by atoms with Gasteiger partial charge in [-0.25, -0.2) is 8.78 Å². The number of rotatable bonds is 2. The van der Waals surface area contributed by atoms with E-state index in [0.717, 1.165) is 0 Å². The van der Waals surface area contributed by atoms with Gasteiger partial charge in [0.25, 0.3) is 0 Å². The molecule has 0 aliphatic heterocycles. The van der Waals surface area contributed by atoms with Crippen molar-refractivity contribution >= 4 is 0 Å². The van der Waals surface area contributed by atoms with Crippen molar-refractivity contribution in [3.05, 3.63) is 35.6 Å². The predicted molar refractivity (Wildman–Crippen MR) is 43.9 cm³/mol. The van der Waals surface area contributed by atoms with Crippen LogP contribution in [-0.4, -0.2) is 6.54 Å². The third kappa shape index (κ3) is 1.80. The molecule has 1 aromatic carbocycles. The van der Waals surface area contributed by atoms with Gasteiger partial charge in [-0.1, -0.05) is 12.1 Å². The molecule has 12 heavy (non-hydrogen) atoms. The summed E-state index contributed by atoms with van der Waals surface area (Å²) in [6.07, 6.45) is 0. The summed E-state index contributed by atoms with van der Waals surface area (Å²) >= 11 is 0. The van der Waals surface area contributed by atoms with Gasteiger partial charge < -0.3 is 5.73 Å². The highest BCUT2D eigenvalue weighted by molar-refractivity contribution is 5.22. The zero-order valence-electron chi connectivity index (χ0n) is 6.85. The molecule has 0 aliphatic carbocycles. The van der Waals surface area contributed by atoms with Gasteiger partial charge in [-0.05, 0) is 24.6 Å². The van der Waals surface area contributed by atoms with E-state index in [1.165, 1.54) is 31.2 Å². The number of alkyl halides is 1. The molecule has 3 heteroatoms. The summed E-state index contributed by atoms with van der Waals surface area (Å²) in [6, 6.07) is 5.26. The van der Waals surface area contributed by atoms with Gasteiger partial charge >= 0.3 is 0 Å². The molecule has 1 rings (SSSR count). The fraction of sp³-hybridized carbons (Fsp3) is 0.333. The van der Waals surface area contributed by atoms with Crippen molar-refractivity contribution in [1.29, 1.82) is 0 Å². The second kappa shape index (κ2) is 3.19. The molecule has 0 bridgehead atoms. The Morgan fingerprint density at radius 1 is 1.33 bits per heavy atom. The van der Waals surface area contributed by atoms with Crippen molar-refractivity contribution in [1.82, 2.24) is 0 Å². The first-order valence-electron chi connectivity index (χ1n) is 3.71. The van der Waals surface area contributed by atoms with E-state index in [2.05, 4.69) is 0 Å². The van der Waals surface area contributed by atoms with Crippen LogP contribution in [0.25, 0.3) is 0 Å². The third-order valence-corrected chi connectivity index (χ3v) is 1.83. The van der Waals surface area contributed by atoms with Gasteiger partial charge in [0.2, 0.25) is 0 Å². The van der Waals surface area contributed by atoms with Crippen LogP contribution in [0.4, 0.5) is 8.78 Å². The number of hydrogen-bond donors (Lipinski definition) is 1. The number of nitrogens with two attached hydrogens (primary N) is 1. The van der Waals surface area contributed by atoms with E-state index >= 15 is 0 Å². The zero-order valence-corrected chi connectivity index (χ0v) is 6.85. The Morgan fingerprint density at radius 2 is 1.83 bits per heavy atom. The molecule has 0 radical (unpaired) electrons. The quantitative estimate of drug-likeness (QED) is 0.723. The second-order valence-corrected chi connectivity index (χ2v) is 2.91. The van der Waals surface area contributed by atoms with Gasteiger partial charge in [0.1, 0.15) is 11.5 Å². The monoisotopic (exact) mass is 171 g/mol. The smallest absolute Gasteiger partial charge is 0.145 e. The normalized spacial score (nSPS) is 15.7. The lowest BCUT2D eigenvalue weighted by Crippen LogP contribution is -2.26. The number of benzene rings is 1. The maximum absolute atomic E-state index is 13.4. The highest BCUT2D eigenvalue weighted by atomic mass is 19.1. The maximum Gasteiger partial charge on any atom is 0.145 e. The van der Waals surface area contributed by atoms with Gasteiger partial charge in [-0.3, -0.25) is 0 Å². The van der Waals surface area contributed by atoms with Crippen LogP contribution in [-0.2, 0) is 5.67 Å². The Balaban J connectivity index is 2.96. The minimum Gasteiger partial charge on any atom is -0.327 e. The van der Waals surface area contributed by atoms with Crippen molar-refractivity contribution < 1.29 is 8.78 Å². The molecule has 0 heterocycles. The van der Waals surface area contributed by atoms with Crippen LogP contribution in [0.2, 0.25) is 0 Å². The average Bonchev–Trinajstić information content (AvgIpc) is 2.05. The van der Waals surface area contributed by atoms with E-state index in [1.807, 2.05) is 0 Å². The van der Waals surface area contributed by atoms with E-state index in [0.29, 0.717) is 5.56 Å². The van der Waals surface area contributed by atoms with Gasteiger partial charge in [0.05, 0.1) is 0 Å². The van der Waals surface area contributed by atoms with Crippen molar-refractivity contribution in [2.24, 2.45) is 5.73 Å². The van der Waals surface area contributed by atoms with Crippen LogP contribution in [0.15, 0.2) is 24.3 Å². The van der Waals surface area contributed by atoms with Crippen LogP contribution < -0.4 is 5.73 Å². The molecular formula is C9H11F2N. The molecule has 1 nitrogen and oxygen atoms in total. The Bertz CT molecular complexity index is 254. The van der Waals surface area contributed by atoms with Gasteiger partial charge in [0, 0.05) is 6.54 Å². The SMILES string of the molecule is C[C@](F)(CN)c1ccc(F)cc1. The molecule has 0 amide bonds. The minimum absolute atomic E-state index is 0.0986. The zero-order chi connectivity index (χ0) is 9.19. The Labute approximate surface area is 70.2 Å². The summed E-state index contributed by atoms with van der Waals surface area (Å²) < 4.78 is 25.9. The molecule has 0 saturated carbocycles. The van der Waals surface area contributed by atoms with E-state index in [-0.39, 0.29) is 12.4 Å². The summed E-state index contributed by atoms with van der Waals surface area (Å²) in [4.78, 5) is 0. The summed E-state index contributed by atoms with van der Waals surface area (Å²) in [6.45, 7) is 1.28. The Kier molecular flexibility index (Phi) is 2.43. The second-order valence-electron chi connectivity index (χ2n) is 2.91. The predicted octanol–water partition coefficient (Wildman–Crippen LogP) is 1.97. The Morgan fingerprint density at radius 3 is 2.25 bits per heavy atom. The van der Waals surface area contributed by atoms with Crippen molar-refractivity contribution in [3.8, 4) is 0 Å². The van der Waals surface area contributed by atoms with Crippen LogP contribution in [0.1, 0.15) is 12.5 Å². The van der Waals surface area contributed by atoms with Crippen LogP contribution in [0.5, 0.6) is 0 Å². The van der Waals surface area contributed by atoms with E-state index < -0.39 is 5.67 Å². The molecular weight excluding hydrogens is 160 g/mol. The van der Waals surface area contributed by atoms with E-state index in [9.17, 15) is 8.78 Å². The molecule has 66 valence electrons. The number of halogens is 2. The molecule has 0 aromatic heterocycles. The highest BCUT2D eigenvalue weighted by Crippen LogP contribution is 2.23. The first-order chi connectivity index (χ1) is 5.56. The number of hydrogen-bond acceptors (Lipinski definition) is 1. The van der Waals surface area contributed by atoms with E-state index in [4.69, 9.17) is 5.73 Å². The average molecular weight is 171 g/mol. The van der Waals surface area contributed by atoms with E-state index in [1.54, 1.807) is 0 Å². The maximum atomic E-state index is 13.4. The van der Waals surface area contributed by atoms with Gasteiger partial charge in [0.15, 0.2) is 0 Å². The minimum atomic E-state index is -1.56. The van der Waals surface area contributed by atoms with Crippen LogP contribution in [0.3, 0.4) is 0 Å². The summed E-state index contributed by atoms with van der Waals surface area (Å²) in [5, 5.41) is 0. The molecule has 0 aliphatic rings. The molecule has 1 atom stereocenters. The first kappa shape index (κ1) is 9.13. The topological polar surface area (TPSA) is 26.0 Å². The molecule has 0 fully saturated rings. The highest BCUT2D eigenvalue weighted by Gasteiger charge is 2.23. The molecule has 0 spiro atoms. The van der Waals surface area contributed by atoms with Crippen molar-refractivity contribution in [2.45, 2.75) is 12.6 Å². The molecule has 0 saturated heterocycles. The fourth-order valence-corrected chi connectivity index (χ4v) is 0.915. The molecule has 2 N–H and O–H groups in total. The lowest BCUT2D eigenvalue weighted by atomic mass is 9.98. The summed E-state index contributed by atoms with van der Waals surface area (Å²) in [5.41, 5.74) is 4.05. The molecule has 1 aromatic rings. The largest absolute Gasteiger partial charge is 0.327 e. The Hall–Kier alpha value is -0.960. The lowest BCUT2D eigenvalue weighted by Gasteiger charge is -2.17.